The highest BCUT2D eigenvalue weighted by molar-refractivity contribution is 5.90. The maximum Gasteiger partial charge on any atom is 0.223 e. The van der Waals surface area contributed by atoms with Crippen LogP contribution in [0.15, 0.2) is 0 Å². The Labute approximate surface area is 132 Å². The normalized spacial score (nSPS) is 20.3. The van der Waals surface area contributed by atoms with E-state index in [1.165, 1.54) is 0 Å². The number of ketones is 1. The van der Waals surface area contributed by atoms with Gasteiger partial charge in [-0.15, -0.1) is 0 Å². The molecule has 1 aliphatic rings. The molecule has 1 saturated heterocycles. The van der Waals surface area contributed by atoms with E-state index in [4.69, 9.17) is 5.73 Å². The number of carbonyl (C=O) groups excluding carboxylic acids is 3. The third-order valence-electron chi connectivity index (χ3n) is 4.02. The molecule has 0 radical (unpaired) electrons. The zero-order valence-corrected chi connectivity index (χ0v) is 13.8. The molecular weight excluding hydrogens is 282 g/mol. The lowest BCUT2D eigenvalue weighted by molar-refractivity contribution is -0.140. The molecule has 1 fully saturated rings. The highest BCUT2D eigenvalue weighted by atomic mass is 16.2. The minimum Gasteiger partial charge on any atom is -0.370 e. The van der Waals surface area contributed by atoms with E-state index < -0.39 is 5.91 Å². The van der Waals surface area contributed by atoms with Crippen LogP contribution in [0, 0.1) is 5.92 Å². The summed E-state index contributed by atoms with van der Waals surface area (Å²) in [5.41, 5.74) is 5.18. The first kappa shape index (κ1) is 18.6. The van der Waals surface area contributed by atoms with Gasteiger partial charge in [0.1, 0.15) is 0 Å². The van der Waals surface area contributed by atoms with Crippen molar-refractivity contribution < 1.29 is 14.4 Å². The van der Waals surface area contributed by atoms with Gasteiger partial charge in [0.2, 0.25) is 11.8 Å². The SMILES string of the molecule is CCCCN(C(=O)C[C@@H](C)CC(N)=O)C1CCCNCC1=O. The monoisotopic (exact) mass is 311 g/mol. The van der Waals surface area contributed by atoms with Gasteiger partial charge < -0.3 is 16.0 Å². The van der Waals surface area contributed by atoms with Crippen LogP contribution in [0.4, 0.5) is 0 Å². The molecule has 0 bridgehead atoms. The van der Waals surface area contributed by atoms with Gasteiger partial charge in [0.25, 0.3) is 0 Å². The fraction of sp³-hybridized carbons (Fsp3) is 0.812. The van der Waals surface area contributed by atoms with Crippen molar-refractivity contribution in [2.24, 2.45) is 11.7 Å². The highest BCUT2D eigenvalue weighted by Gasteiger charge is 2.30. The second-order valence-corrected chi connectivity index (χ2v) is 6.22. The van der Waals surface area contributed by atoms with Crippen molar-refractivity contribution in [1.29, 1.82) is 0 Å². The highest BCUT2D eigenvalue weighted by Crippen LogP contribution is 2.17. The van der Waals surface area contributed by atoms with Crippen molar-refractivity contribution in [3.63, 3.8) is 0 Å². The lowest BCUT2D eigenvalue weighted by atomic mass is 10.00. The van der Waals surface area contributed by atoms with Crippen LogP contribution in [0.2, 0.25) is 0 Å². The second kappa shape index (κ2) is 9.56. The van der Waals surface area contributed by atoms with Crippen molar-refractivity contribution in [3.05, 3.63) is 0 Å². The Morgan fingerprint density at radius 1 is 1.41 bits per heavy atom. The number of hydrogen-bond donors (Lipinski definition) is 2. The summed E-state index contributed by atoms with van der Waals surface area (Å²) < 4.78 is 0. The smallest absolute Gasteiger partial charge is 0.223 e. The summed E-state index contributed by atoms with van der Waals surface area (Å²) in [5.74, 6) is -0.435. The van der Waals surface area contributed by atoms with Gasteiger partial charge >= 0.3 is 0 Å². The van der Waals surface area contributed by atoms with E-state index in [2.05, 4.69) is 12.2 Å². The molecule has 0 aliphatic carbocycles. The minimum absolute atomic E-state index is 0.0394. The van der Waals surface area contributed by atoms with Gasteiger partial charge in [0, 0.05) is 19.4 Å². The lowest BCUT2D eigenvalue weighted by Gasteiger charge is -2.31. The number of hydrogen-bond acceptors (Lipinski definition) is 4. The molecule has 0 aromatic carbocycles. The number of rotatable bonds is 8. The van der Waals surface area contributed by atoms with Crippen LogP contribution in [0.1, 0.15) is 52.4 Å². The maximum atomic E-state index is 12.6. The lowest BCUT2D eigenvalue weighted by Crippen LogP contribution is -2.47. The van der Waals surface area contributed by atoms with Crippen molar-refractivity contribution in [2.75, 3.05) is 19.6 Å². The Kier molecular flexibility index (Phi) is 8.09. The Morgan fingerprint density at radius 2 is 2.14 bits per heavy atom. The molecule has 1 unspecified atom stereocenters. The molecule has 0 saturated carbocycles. The van der Waals surface area contributed by atoms with E-state index in [1.807, 2.05) is 6.92 Å². The number of unbranched alkanes of at least 4 members (excludes halogenated alkanes) is 1. The van der Waals surface area contributed by atoms with Crippen molar-refractivity contribution >= 4 is 17.6 Å². The van der Waals surface area contributed by atoms with Gasteiger partial charge in [-0.25, -0.2) is 0 Å². The molecule has 1 aliphatic heterocycles. The molecule has 6 heteroatoms. The molecule has 3 N–H and O–H groups in total. The topological polar surface area (TPSA) is 92.5 Å². The van der Waals surface area contributed by atoms with Crippen LogP contribution in [-0.4, -0.2) is 48.2 Å². The van der Waals surface area contributed by atoms with E-state index in [0.29, 0.717) is 19.5 Å². The quantitative estimate of drug-likeness (QED) is 0.694. The zero-order chi connectivity index (χ0) is 16.5. The van der Waals surface area contributed by atoms with Crippen LogP contribution >= 0.6 is 0 Å². The summed E-state index contributed by atoms with van der Waals surface area (Å²) in [6.07, 6.45) is 3.93. The number of primary amides is 1. The Hall–Kier alpha value is -1.43. The van der Waals surface area contributed by atoms with Crippen LogP contribution in [0.5, 0.6) is 0 Å². The van der Waals surface area contributed by atoms with Crippen molar-refractivity contribution in [1.82, 2.24) is 10.2 Å². The molecule has 0 aromatic rings. The number of nitrogens with zero attached hydrogens (tertiary/aromatic N) is 1. The Bertz CT molecular complexity index is 398. The molecular formula is C16H29N3O3. The van der Waals surface area contributed by atoms with Gasteiger partial charge in [-0.3, -0.25) is 14.4 Å². The molecule has 1 rings (SSSR count). The molecule has 126 valence electrons. The van der Waals surface area contributed by atoms with Gasteiger partial charge in [0.05, 0.1) is 12.6 Å². The summed E-state index contributed by atoms with van der Waals surface area (Å²) in [6, 6.07) is -0.324. The van der Waals surface area contributed by atoms with E-state index in [9.17, 15) is 14.4 Å². The fourth-order valence-corrected chi connectivity index (χ4v) is 2.85. The first-order valence-corrected chi connectivity index (χ1v) is 8.26. The minimum atomic E-state index is -0.393. The van der Waals surface area contributed by atoms with Gasteiger partial charge in [0.15, 0.2) is 5.78 Å². The van der Waals surface area contributed by atoms with Gasteiger partial charge in [-0.2, -0.15) is 0 Å². The largest absolute Gasteiger partial charge is 0.370 e. The maximum absolute atomic E-state index is 12.6. The summed E-state index contributed by atoms with van der Waals surface area (Å²) >= 11 is 0. The average Bonchev–Trinajstić information content (AvgIpc) is 2.63. The fourth-order valence-electron chi connectivity index (χ4n) is 2.85. The summed E-state index contributed by atoms with van der Waals surface area (Å²) in [6.45, 7) is 5.66. The molecule has 1 heterocycles. The second-order valence-electron chi connectivity index (χ2n) is 6.22. The molecule has 0 aromatic heterocycles. The van der Waals surface area contributed by atoms with Crippen LogP contribution in [0.25, 0.3) is 0 Å². The number of amides is 2. The number of nitrogens with two attached hydrogens (primary N) is 1. The third-order valence-corrected chi connectivity index (χ3v) is 4.02. The molecule has 2 atom stereocenters. The standard InChI is InChI=1S/C16H29N3O3/c1-3-4-8-19(13-6-5-7-18-11-14(13)20)16(22)10-12(2)9-15(17)21/h12-13,18H,3-11H2,1-2H3,(H2,17,21)/t12-,13?/m0/s1. The van der Waals surface area contributed by atoms with Crippen molar-refractivity contribution in [3.8, 4) is 0 Å². The van der Waals surface area contributed by atoms with E-state index in [1.54, 1.807) is 4.90 Å². The summed E-state index contributed by atoms with van der Waals surface area (Å²) in [4.78, 5) is 37.6. The number of Topliss-reactive ketones (excluding diaryl/α,β-unsaturated/α-hetero) is 1. The zero-order valence-electron chi connectivity index (χ0n) is 13.8. The van der Waals surface area contributed by atoms with Crippen LogP contribution in [-0.2, 0) is 14.4 Å². The molecule has 0 spiro atoms. The average molecular weight is 311 g/mol. The third kappa shape index (κ3) is 6.13. The van der Waals surface area contributed by atoms with E-state index >= 15 is 0 Å². The van der Waals surface area contributed by atoms with E-state index in [0.717, 1.165) is 25.8 Å². The predicted octanol–water partition coefficient (Wildman–Crippen LogP) is 0.838. The first-order chi connectivity index (χ1) is 10.5. The first-order valence-electron chi connectivity index (χ1n) is 8.26. The Morgan fingerprint density at radius 3 is 2.77 bits per heavy atom. The molecule has 6 nitrogen and oxygen atoms in total. The summed E-state index contributed by atoms with van der Waals surface area (Å²) in [5, 5.41) is 3.10. The van der Waals surface area contributed by atoms with Crippen molar-refractivity contribution in [2.45, 2.75) is 58.4 Å². The predicted molar refractivity (Wildman–Crippen MR) is 85.1 cm³/mol. The summed E-state index contributed by atoms with van der Waals surface area (Å²) in [7, 11) is 0. The van der Waals surface area contributed by atoms with Crippen LogP contribution in [0.3, 0.4) is 0 Å². The number of carbonyl (C=O) groups is 3. The Balaban J connectivity index is 2.74. The number of nitrogens with one attached hydrogen (secondary N) is 1. The van der Waals surface area contributed by atoms with Gasteiger partial charge in [-0.05, 0) is 31.7 Å². The van der Waals surface area contributed by atoms with Gasteiger partial charge in [-0.1, -0.05) is 20.3 Å². The van der Waals surface area contributed by atoms with E-state index in [-0.39, 0.29) is 36.5 Å². The molecule has 22 heavy (non-hydrogen) atoms. The van der Waals surface area contributed by atoms with Crippen LogP contribution < -0.4 is 11.1 Å². The molecule has 2 amide bonds.